The van der Waals surface area contributed by atoms with Crippen molar-refractivity contribution in [3.63, 3.8) is 0 Å². The number of Topliss-reactive ketones (excluding diaryl/α,β-unsaturated/α-hetero) is 1. The zero-order valence-corrected chi connectivity index (χ0v) is 58.2. The van der Waals surface area contributed by atoms with Crippen molar-refractivity contribution < 1.29 is 57.1 Å². The summed E-state index contributed by atoms with van der Waals surface area (Å²) in [5.74, 6) is 4.81. The van der Waals surface area contributed by atoms with Crippen LogP contribution in [0.15, 0.2) is 104 Å². The minimum atomic E-state index is -0.481. The third kappa shape index (κ3) is 27.0. The number of carbonyl (C=O) groups excluding carboxylic acids is 4. The van der Waals surface area contributed by atoms with Crippen molar-refractivity contribution in [2.75, 3.05) is 74.8 Å². The van der Waals surface area contributed by atoms with E-state index in [1.165, 1.54) is 5.56 Å². The Hall–Kier alpha value is -7.75. The number of ether oxygens (including phenoxy) is 8. The van der Waals surface area contributed by atoms with Gasteiger partial charge in [0, 0.05) is 112 Å². The van der Waals surface area contributed by atoms with Gasteiger partial charge in [0.1, 0.15) is 28.3 Å². The van der Waals surface area contributed by atoms with Crippen LogP contribution in [0.4, 0.5) is 14.4 Å². The van der Waals surface area contributed by atoms with E-state index in [2.05, 4.69) is 45.4 Å². The number of rotatable bonds is 18. The van der Waals surface area contributed by atoms with Gasteiger partial charge >= 0.3 is 18.3 Å². The summed E-state index contributed by atoms with van der Waals surface area (Å²) in [6.45, 7) is 25.3. The highest BCUT2D eigenvalue weighted by molar-refractivity contribution is 5.96. The fourth-order valence-corrected chi connectivity index (χ4v) is 10.8. The number of carbonyl (C=O) groups is 4. The molecule has 5 aromatic rings. The molecule has 3 aliphatic heterocycles. The van der Waals surface area contributed by atoms with Gasteiger partial charge in [0.15, 0.2) is 5.78 Å². The van der Waals surface area contributed by atoms with E-state index >= 15 is 0 Å². The summed E-state index contributed by atoms with van der Waals surface area (Å²) < 4.78 is 42.0. The Bertz CT molecular complexity index is 3000. The number of hydrogen-bond acceptors (Lipinski definition) is 18. The number of aromatic nitrogens is 3. The first-order valence-corrected chi connectivity index (χ1v) is 32.5. The maximum Gasteiger partial charge on any atom is 0.410 e. The predicted octanol–water partition coefficient (Wildman–Crippen LogP) is 13.7. The minimum absolute atomic E-state index is 0.0403. The van der Waals surface area contributed by atoms with Gasteiger partial charge in [-0.25, -0.2) is 29.3 Å². The van der Waals surface area contributed by atoms with Gasteiger partial charge in [-0.15, -0.1) is 0 Å². The first kappa shape index (κ1) is 76.0. The number of benzene rings is 2. The molecule has 3 amide bonds. The van der Waals surface area contributed by atoms with Crippen LogP contribution in [0.3, 0.4) is 0 Å². The van der Waals surface area contributed by atoms with Gasteiger partial charge in [-0.3, -0.25) is 4.79 Å². The molecule has 3 aliphatic rings. The molecule has 93 heavy (non-hydrogen) atoms. The lowest BCUT2D eigenvalue weighted by molar-refractivity contribution is 0.0167. The number of nitrogens with one attached hydrogen (secondary N) is 1. The van der Waals surface area contributed by atoms with Crippen LogP contribution in [0.2, 0.25) is 0 Å². The number of nitrogens with two attached hydrogens (primary N) is 2. The summed E-state index contributed by atoms with van der Waals surface area (Å²) in [6.07, 6.45) is 12.3. The summed E-state index contributed by atoms with van der Waals surface area (Å²) >= 11 is 0. The lowest BCUT2D eigenvalue weighted by Crippen LogP contribution is -2.42. The van der Waals surface area contributed by atoms with Gasteiger partial charge in [-0.2, -0.15) is 0 Å². The Morgan fingerprint density at radius 1 is 0.462 bits per heavy atom. The van der Waals surface area contributed by atoms with E-state index in [1.54, 1.807) is 69.9 Å². The fourth-order valence-electron chi connectivity index (χ4n) is 10.8. The molecule has 21 nitrogen and oxygen atoms in total. The molecule has 8 rings (SSSR count). The molecular weight excluding hydrogens is 1180 g/mol. The summed E-state index contributed by atoms with van der Waals surface area (Å²) in [5.41, 5.74) is 15.7. The largest absolute Gasteiger partial charge is 0.497 e. The highest BCUT2D eigenvalue weighted by Crippen LogP contribution is 2.33. The third-order valence-corrected chi connectivity index (χ3v) is 16.2. The molecule has 0 unspecified atom stereocenters. The van der Waals surface area contributed by atoms with Crippen LogP contribution in [0.25, 0.3) is 0 Å². The number of ketones is 1. The van der Waals surface area contributed by atoms with Crippen LogP contribution in [0.1, 0.15) is 191 Å². The topological polar surface area (TPSA) is 255 Å². The number of pyridine rings is 3. The summed E-state index contributed by atoms with van der Waals surface area (Å²) in [7, 11) is 8.10. The molecular formula is C72H107N9O12. The molecule has 3 fully saturated rings. The Labute approximate surface area is 553 Å². The molecule has 0 spiro atoms. The lowest BCUT2D eigenvalue weighted by Gasteiger charge is -2.35. The summed E-state index contributed by atoms with van der Waals surface area (Å²) in [6, 6.07) is 27.5. The molecule has 21 heteroatoms. The molecule has 0 aliphatic carbocycles. The minimum Gasteiger partial charge on any atom is -0.497 e. The van der Waals surface area contributed by atoms with E-state index in [0.717, 1.165) is 106 Å². The lowest BCUT2D eigenvalue weighted by atomic mass is 9.87. The molecule has 0 bridgehead atoms. The average molecular weight is 1290 g/mol. The monoisotopic (exact) mass is 1290 g/mol. The molecule has 512 valence electrons. The molecule has 4 atom stereocenters. The molecule has 3 saturated heterocycles. The van der Waals surface area contributed by atoms with E-state index in [-0.39, 0.29) is 48.2 Å². The van der Waals surface area contributed by atoms with Crippen LogP contribution in [0.5, 0.6) is 29.1 Å². The average Bonchev–Trinajstić information content (AvgIpc) is 1.23. The number of hydrogen-bond donors (Lipinski definition) is 3. The fraction of sp³-hybridized carbons (Fsp3) is 0.569. The van der Waals surface area contributed by atoms with Crippen molar-refractivity contribution >= 4 is 24.1 Å². The second kappa shape index (κ2) is 36.6. The van der Waals surface area contributed by atoms with Gasteiger partial charge in [-0.05, 0) is 198 Å². The van der Waals surface area contributed by atoms with Crippen LogP contribution in [0, 0.1) is 17.8 Å². The van der Waals surface area contributed by atoms with E-state index < -0.39 is 16.8 Å². The van der Waals surface area contributed by atoms with Crippen molar-refractivity contribution in [2.45, 2.75) is 175 Å². The highest BCUT2D eigenvalue weighted by atomic mass is 16.6. The summed E-state index contributed by atoms with van der Waals surface area (Å²) in [5, 5.41) is 3.81. The molecule has 3 aromatic heterocycles. The molecule has 6 heterocycles. The zero-order chi connectivity index (χ0) is 68.5. The first-order chi connectivity index (χ1) is 44.0. The normalized spacial score (nSPS) is 16.2. The maximum absolute atomic E-state index is 12.4. The Morgan fingerprint density at radius 3 is 1.16 bits per heavy atom. The SMILES string of the molecule is COc1ccc(C(=O)CC2CCN(C(=O)OC(C)(C)C)CC2)cn1.COc1ccc([C@@H](N)CC2CCN(C(=O)OC(C)(C)C)CC2)cn1.COc1ccc([C@H](C)N)cc1.COc1ccc([C@H](C)N[C@@H](CC2CCN(C(=O)OC(C)(C)C)CC2)c2ccc(OC)nc2)cc1. The maximum atomic E-state index is 12.4. The van der Waals surface area contributed by atoms with Crippen molar-refractivity contribution in [1.29, 1.82) is 0 Å². The predicted molar refractivity (Wildman–Crippen MR) is 362 cm³/mol. The van der Waals surface area contributed by atoms with Crippen molar-refractivity contribution in [2.24, 2.45) is 29.2 Å². The van der Waals surface area contributed by atoms with E-state index in [9.17, 15) is 19.2 Å². The van der Waals surface area contributed by atoms with Gasteiger partial charge < -0.3 is 69.4 Å². The van der Waals surface area contributed by atoms with Gasteiger partial charge in [0.2, 0.25) is 17.6 Å². The zero-order valence-electron chi connectivity index (χ0n) is 58.2. The Balaban J connectivity index is 0.000000237. The van der Waals surface area contributed by atoms with Gasteiger partial charge in [0.25, 0.3) is 0 Å². The second-order valence-corrected chi connectivity index (χ2v) is 27.1. The van der Waals surface area contributed by atoms with Gasteiger partial charge in [-0.1, -0.05) is 36.4 Å². The van der Waals surface area contributed by atoms with Gasteiger partial charge in [0.05, 0.1) is 35.5 Å². The highest BCUT2D eigenvalue weighted by Gasteiger charge is 2.32. The number of nitrogens with zero attached hydrogens (tertiary/aromatic N) is 6. The second-order valence-electron chi connectivity index (χ2n) is 27.1. The van der Waals surface area contributed by atoms with Crippen molar-refractivity contribution in [1.82, 2.24) is 35.0 Å². The van der Waals surface area contributed by atoms with Crippen molar-refractivity contribution in [3.05, 3.63) is 131 Å². The molecule has 5 N–H and O–H groups in total. The van der Waals surface area contributed by atoms with Crippen molar-refractivity contribution in [3.8, 4) is 29.1 Å². The van der Waals surface area contributed by atoms with Crippen LogP contribution >= 0.6 is 0 Å². The van der Waals surface area contributed by atoms with E-state index in [0.29, 0.717) is 60.5 Å². The Kier molecular flexibility index (Phi) is 29.9. The van der Waals surface area contributed by atoms with Crippen LogP contribution in [-0.4, -0.2) is 145 Å². The van der Waals surface area contributed by atoms with E-state index in [4.69, 9.17) is 49.4 Å². The molecule has 2 aromatic carbocycles. The summed E-state index contributed by atoms with van der Waals surface area (Å²) in [4.78, 5) is 67.0. The Morgan fingerprint density at radius 2 is 0.817 bits per heavy atom. The number of amides is 3. The first-order valence-electron chi connectivity index (χ1n) is 32.5. The quantitative estimate of drug-likeness (QED) is 0.0544. The standard InChI is InChI=1S/C27H39N3O4.C18H29N3O3.C18H26N2O4.C9H13NO/c1-19(21-7-10-23(32-5)11-8-21)29-24(22-9-12-25(33-6)28-18-22)17-20-13-15-30(16-14-20)26(31)34-27(2,3)4;1-18(2,3)24-17(22)21-9-7-13(8-10-21)11-15(19)14-5-6-16(23-4)20-12-14;1-18(2,3)24-17(22)20-9-7-13(8-10-20)11-15(21)14-5-6-16(23-4)19-12-14;1-7(10)8-3-5-9(11-2)6-4-8/h7-12,18-20,24,29H,13-17H2,1-6H3;5-6,12-13,15H,7-11,19H2,1-4H3;5-6,12-13H,7-11H2,1-4H3;3-7H,10H2,1-2H3/t19-,24-;15-;;7-/m00.0/s1. The number of methoxy groups -OCH3 is 5. The van der Waals surface area contributed by atoms with Crippen LogP contribution < -0.4 is 40.5 Å². The molecule has 0 radical (unpaired) electrons. The van der Waals surface area contributed by atoms with Crippen LogP contribution in [-0.2, 0) is 14.2 Å². The van der Waals surface area contributed by atoms with E-state index in [1.807, 2.05) is 135 Å². The third-order valence-electron chi connectivity index (χ3n) is 16.2. The number of likely N-dealkylation sites (tertiary alicyclic amines) is 3. The smallest absolute Gasteiger partial charge is 0.410 e. The molecule has 0 saturated carbocycles. The number of piperidine rings is 3.